The van der Waals surface area contributed by atoms with Crippen molar-refractivity contribution in [1.29, 1.82) is 0 Å². The number of carbonyl (C=O) groups excluding carboxylic acids is 2. The highest BCUT2D eigenvalue weighted by Gasteiger charge is 2.12. The molecular weight excluding hydrogens is 244 g/mol. The molecule has 0 bridgehead atoms. The predicted octanol–water partition coefficient (Wildman–Crippen LogP) is 1.80. The van der Waals surface area contributed by atoms with E-state index in [-0.39, 0.29) is 5.91 Å². The monoisotopic (exact) mass is 264 g/mol. The minimum absolute atomic E-state index is 0.125. The number of anilines is 1. The molecule has 2 N–H and O–H groups in total. The number of benzene rings is 1. The van der Waals surface area contributed by atoms with Crippen molar-refractivity contribution in [3.05, 3.63) is 29.8 Å². The number of ether oxygens (including phenoxy) is 1. The van der Waals surface area contributed by atoms with Crippen molar-refractivity contribution in [2.75, 3.05) is 25.5 Å². The van der Waals surface area contributed by atoms with Gasteiger partial charge in [0.2, 0.25) is 5.91 Å². The Kier molecular flexibility index (Phi) is 6.60. The van der Waals surface area contributed by atoms with E-state index in [4.69, 9.17) is 0 Å². The lowest BCUT2D eigenvalue weighted by Gasteiger charge is -2.09. The number of esters is 1. The van der Waals surface area contributed by atoms with Gasteiger partial charge in [-0.3, -0.25) is 4.79 Å². The summed E-state index contributed by atoms with van der Waals surface area (Å²) in [7, 11) is 1.32. The molecule has 1 aromatic rings. The van der Waals surface area contributed by atoms with Crippen molar-refractivity contribution >= 4 is 17.6 Å². The van der Waals surface area contributed by atoms with E-state index >= 15 is 0 Å². The van der Waals surface area contributed by atoms with Crippen molar-refractivity contribution in [3.63, 3.8) is 0 Å². The lowest BCUT2D eigenvalue weighted by atomic mass is 10.1. The Hall–Kier alpha value is -1.88. The molecule has 1 aromatic carbocycles. The Morgan fingerprint density at radius 3 is 2.63 bits per heavy atom. The molecule has 0 saturated carbocycles. The number of hydrogen-bond donors (Lipinski definition) is 2. The van der Waals surface area contributed by atoms with Crippen LogP contribution in [0.2, 0.25) is 0 Å². The normalized spacial score (nSPS) is 10.0. The molecule has 104 valence electrons. The summed E-state index contributed by atoms with van der Waals surface area (Å²) in [5, 5.41) is 5.87. The maximum absolute atomic E-state index is 11.7. The lowest BCUT2D eigenvalue weighted by Crippen LogP contribution is -2.23. The van der Waals surface area contributed by atoms with Crippen molar-refractivity contribution in [2.24, 2.45) is 0 Å². The second kappa shape index (κ2) is 8.26. The van der Waals surface area contributed by atoms with Gasteiger partial charge in [0.15, 0.2) is 0 Å². The van der Waals surface area contributed by atoms with E-state index in [9.17, 15) is 9.59 Å². The van der Waals surface area contributed by atoms with Crippen LogP contribution in [0.3, 0.4) is 0 Å². The molecule has 0 unspecified atom stereocenters. The van der Waals surface area contributed by atoms with Crippen LogP contribution in [0.4, 0.5) is 5.69 Å². The molecule has 0 atom stereocenters. The van der Waals surface area contributed by atoms with E-state index in [2.05, 4.69) is 22.3 Å². The molecule has 0 aromatic heterocycles. The van der Waals surface area contributed by atoms with Crippen LogP contribution in [0, 0.1) is 0 Å². The third-order valence-electron chi connectivity index (χ3n) is 2.56. The summed E-state index contributed by atoms with van der Waals surface area (Å²) >= 11 is 0. The van der Waals surface area contributed by atoms with Crippen molar-refractivity contribution in [2.45, 2.75) is 19.8 Å². The molecule has 1 rings (SSSR count). The topological polar surface area (TPSA) is 67.4 Å². The fourth-order valence-electron chi connectivity index (χ4n) is 1.60. The molecule has 0 aliphatic carbocycles. The summed E-state index contributed by atoms with van der Waals surface area (Å²) in [6.45, 7) is 3.59. The van der Waals surface area contributed by atoms with Gasteiger partial charge in [-0.05, 0) is 25.1 Å². The molecule has 0 radical (unpaired) electrons. The highest BCUT2D eigenvalue weighted by molar-refractivity contribution is 6.01. The Labute approximate surface area is 113 Å². The summed E-state index contributed by atoms with van der Waals surface area (Å²) in [5.74, 6) is -0.583. The maximum atomic E-state index is 11.7. The summed E-state index contributed by atoms with van der Waals surface area (Å²) in [5.41, 5.74) is 0.842. The van der Waals surface area contributed by atoms with Gasteiger partial charge in [0.1, 0.15) is 0 Å². The van der Waals surface area contributed by atoms with E-state index in [1.807, 2.05) is 0 Å². The number of methoxy groups -OCH3 is 1. The van der Waals surface area contributed by atoms with Gasteiger partial charge in [-0.2, -0.15) is 0 Å². The Morgan fingerprint density at radius 1 is 1.21 bits per heavy atom. The predicted molar refractivity (Wildman–Crippen MR) is 74.2 cm³/mol. The number of carbonyl (C=O) groups is 2. The quantitative estimate of drug-likeness (QED) is 0.582. The van der Waals surface area contributed by atoms with Crippen molar-refractivity contribution in [3.8, 4) is 0 Å². The fourth-order valence-corrected chi connectivity index (χ4v) is 1.60. The minimum Gasteiger partial charge on any atom is -0.465 e. The fraction of sp³-hybridized carbons (Fsp3) is 0.429. The van der Waals surface area contributed by atoms with Crippen LogP contribution in [-0.4, -0.2) is 32.1 Å². The second-order valence-electron chi connectivity index (χ2n) is 4.09. The van der Waals surface area contributed by atoms with Crippen LogP contribution in [-0.2, 0) is 9.53 Å². The highest BCUT2D eigenvalue weighted by atomic mass is 16.5. The van der Waals surface area contributed by atoms with Crippen LogP contribution < -0.4 is 10.6 Å². The lowest BCUT2D eigenvalue weighted by molar-refractivity contribution is -0.116. The van der Waals surface area contributed by atoms with Crippen LogP contribution >= 0.6 is 0 Å². The minimum atomic E-state index is -0.458. The molecule has 1 amide bonds. The number of rotatable bonds is 7. The Bertz CT molecular complexity index is 432. The number of para-hydroxylation sites is 1. The highest BCUT2D eigenvalue weighted by Crippen LogP contribution is 2.16. The van der Waals surface area contributed by atoms with Crippen molar-refractivity contribution < 1.29 is 14.3 Å². The van der Waals surface area contributed by atoms with Gasteiger partial charge in [0.05, 0.1) is 18.4 Å². The van der Waals surface area contributed by atoms with Gasteiger partial charge in [-0.1, -0.05) is 19.1 Å². The summed E-state index contributed by atoms with van der Waals surface area (Å²) in [6, 6.07) is 6.79. The first kappa shape index (κ1) is 15.2. The summed E-state index contributed by atoms with van der Waals surface area (Å²) in [6.07, 6.45) is 1.41. The van der Waals surface area contributed by atoms with Crippen LogP contribution in [0.1, 0.15) is 30.1 Å². The van der Waals surface area contributed by atoms with E-state index in [1.165, 1.54) is 7.11 Å². The first-order valence-electron chi connectivity index (χ1n) is 6.37. The zero-order valence-corrected chi connectivity index (χ0v) is 11.4. The van der Waals surface area contributed by atoms with E-state index in [0.29, 0.717) is 24.2 Å². The first-order valence-corrected chi connectivity index (χ1v) is 6.37. The van der Waals surface area contributed by atoms with E-state index < -0.39 is 5.97 Å². The van der Waals surface area contributed by atoms with Gasteiger partial charge in [-0.15, -0.1) is 0 Å². The van der Waals surface area contributed by atoms with E-state index in [0.717, 1.165) is 13.0 Å². The number of amides is 1. The first-order chi connectivity index (χ1) is 9.19. The average Bonchev–Trinajstić information content (AvgIpc) is 2.43. The van der Waals surface area contributed by atoms with E-state index in [1.54, 1.807) is 24.3 Å². The summed E-state index contributed by atoms with van der Waals surface area (Å²) in [4.78, 5) is 23.3. The molecular formula is C14H20N2O3. The molecule has 5 heteroatoms. The molecule has 0 saturated heterocycles. The smallest absolute Gasteiger partial charge is 0.339 e. The second-order valence-corrected chi connectivity index (χ2v) is 4.09. The molecule has 19 heavy (non-hydrogen) atoms. The van der Waals surface area contributed by atoms with Crippen LogP contribution in [0.25, 0.3) is 0 Å². The Balaban J connectivity index is 2.56. The van der Waals surface area contributed by atoms with Gasteiger partial charge in [-0.25, -0.2) is 4.79 Å². The van der Waals surface area contributed by atoms with Crippen LogP contribution in [0.15, 0.2) is 24.3 Å². The average molecular weight is 264 g/mol. The van der Waals surface area contributed by atoms with Crippen molar-refractivity contribution in [1.82, 2.24) is 5.32 Å². The maximum Gasteiger partial charge on any atom is 0.339 e. The van der Waals surface area contributed by atoms with Gasteiger partial charge >= 0.3 is 5.97 Å². The zero-order chi connectivity index (χ0) is 14.1. The number of nitrogens with one attached hydrogen (secondary N) is 2. The standard InChI is InChI=1S/C14H20N2O3/c1-3-9-15-10-8-13(17)16-12-7-5-4-6-11(12)14(18)19-2/h4-7,15H,3,8-10H2,1-2H3,(H,16,17). The van der Waals surface area contributed by atoms with Crippen LogP contribution in [0.5, 0.6) is 0 Å². The number of hydrogen-bond acceptors (Lipinski definition) is 4. The third kappa shape index (κ3) is 5.09. The largest absolute Gasteiger partial charge is 0.465 e. The third-order valence-corrected chi connectivity index (χ3v) is 2.56. The molecule has 0 aliphatic rings. The molecule has 5 nitrogen and oxygen atoms in total. The van der Waals surface area contributed by atoms with Gasteiger partial charge < -0.3 is 15.4 Å². The zero-order valence-electron chi connectivity index (χ0n) is 11.4. The molecule has 0 spiro atoms. The molecule has 0 aliphatic heterocycles. The molecule has 0 fully saturated rings. The van der Waals surface area contributed by atoms with Gasteiger partial charge in [0.25, 0.3) is 0 Å². The Morgan fingerprint density at radius 2 is 1.95 bits per heavy atom. The van der Waals surface area contributed by atoms with Gasteiger partial charge in [0, 0.05) is 13.0 Å². The SMILES string of the molecule is CCCNCCC(=O)Nc1ccccc1C(=O)OC. The summed E-state index contributed by atoms with van der Waals surface area (Å²) < 4.78 is 4.67. The molecule has 0 heterocycles.